The molecule has 0 saturated carbocycles. The quantitative estimate of drug-likeness (QED) is 0.602. The first-order valence-corrected chi connectivity index (χ1v) is 5.62. The van der Waals surface area contributed by atoms with Gasteiger partial charge in [0.1, 0.15) is 5.82 Å². The van der Waals surface area contributed by atoms with E-state index in [2.05, 4.69) is 28.0 Å². The number of aromatic nitrogens is 2. The summed E-state index contributed by atoms with van der Waals surface area (Å²) in [6, 6.07) is 8.46. The molecule has 0 amide bonds. The molecule has 0 aliphatic rings. The van der Waals surface area contributed by atoms with E-state index in [1.807, 2.05) is 25.2 Å². The standard InChI is InChI=1S/C12H18N4/c1-3-9(15-13)8-12-14-10-6-4-5-7-11(10)16(12)2/h4-7,9,15H,3,8,13H2,1-2H3. The number of aryl methyl sites for hydroxylation is 1. The van der Waals surface area contributed by atoms with Crippen LogP contribution in [0.15, 0.2) is 24.3 Å². The van der Waals surface area contributed by atoms with E-state index in [4.69, 9.17) is 5.84 Å². The van der Waals surface area contributed by atoms with Crippen molar-refractivity contribution in [2.45, 2.75) is 25.8 Å². The van der Waals surface area contributed by atoms with Gasteiger partial charge in [-0.2, -0.15) is 0 Å². The molecule has 1 atom stereocenters. The van der Waals surface area contributed by atoms with Gasteiger partial charge in [0.05, 0.1) is 11.0 Å². The lowest BCUT2D eigenvalue weighted by Crippen LogP contribution is -2.36. The number of rotatable bonds is 4. The Labute approximate surface area is 95.4 Å². The highest BCUT2D eigenvalue weighted by Gasteiger charge is 2.11. The minimum absolute atomic E-state index is 0.288. The Kier molecular flexibility index (Phi) is 3.22. The van der Waals surface area contributed by atoms with E-state index in [-0.39, 0.29) is 6.04 Å². The van der Waals surface area contributed by atoms with Crippen LogP contribution in [-0.4, -0.2) is 15.6 Å². The number of para-hydroxylation sites is 2. The van der Waals surface area contributed by atoms with Gasteiger partial charge in [-0.15, -0.1) is 0 Å². The monoisotopic (exact) mass is 218 g/mol. The van der Waals surface area contributed by atoms with Gasteiger partial charge in [0.2, 0.25) is 0 Å². The molecule has 0 radical (unpaired) electrons. The number of hydrazine groups is 1. The Bertz CT molecular complexity index is 471. The molecule has 0 fully saturated rings. The van der Waals surface area contributed by atoms with Crippen LogP contribution in [0.25, 0.3) is 11.0 Å². The molecule has 4 heteroatoms. The highest BCUT2D eigenvalue weighted by Crippen LogP contribution is 2.15. The van der Waals surface area contributed by atoms with Crippen molar-refractivity contribution in [3.8, 4) is 0 Å². The zero-order chi connectivity index (χ0) is 11.5. The van der Waals surface area contributed by atoms with Crippen LogP contribution in [0.3, 0.4) is 0 Å². The summed E-state index contributed by atoms with van der Waals surface area (Å²) in [5, 5.41) is 0. The Balaban J connectivity index is 2.34. The Morgan fingerprint density at radius 1 is 1.44 bits per heavy atom. The number of nitrogens with zero attached hydrogens (tertiary/aromatic N) is 2. The second kappa shape index (κ2) is 4.63. The number of nitrogens with one attached hydrogen (secondary N) is 1. The van der Waals surface area contributed by atoms with Gasteiger partial charge in [0.15, 0.2) is 0 Å². The lowest BCUT2D eigenvalue weighted by atomic mass is 10.1. The fraction of sp³-hybridized carbons (Fsp3) is 0.417. The van der Waals surface area contributed by atoms with Gasteiger partial charge < -0.3 is 4.57 Å². The van der Waals surface area contributed by atoms with Crippen LogP contribution in [0.4, 0.5) is 0 Å². The van der Waals surface area contributed by atoms with Gasteiger partial charge >= 0.3 is 0 Å². The second-order valence-electron chi connectivity index (χ2n) is 4.05. The number of nitrogens with two attached hydrogens (primary N) is 1. The summed E-state index contributed by atoms with van der Waals surface area (Å²) in [6.07, 6.45) is 1.86. The number of benzene rings is 1. The normalized spacial score (nSPS) is 13.2. The average Bonchev–Trinajstić information content (AvgIpc) is 2.64. The summed E-state index contributed by atoms with van der Waals surface area (Å²) >= 11 is 0. The van der Waals surface area contributed by atoms with E-state index in [1.165, 1.54) is 5.52 Å². The maximum Gasteiger partial charge on any atom is 0.111 e. The van der Waals surface area contributed by atoms with Crippen LogP contribution in [0.1, 0.15) is 19.2 Å². The predicted octanol–water partition coefficient (Wildman–Crippen LogP) is 1.36. The lowest BCUT2D eigenvalue weighted by molar-refractivity contribution is 0.495. The van der Waals surface area contributed by atoms with Gasteiger partial charge in [-0.3, -0.25) is 11.3 Å². The Hall–Kier alpha value is -1.39. The topological polar surface area (TPSA) is 55.9 Å². The molecule has 1 heterocycles. The first kappa shape index (κ1) is 11.1. The molecule has 0 aliphatic carbocycles. The molecule has 86 valence electrons. The average molecular weight is 218 g/mol. The van der Waals surface area contributed by atoms with Crippen molar-refractivity contribution >= 4 is 11.0 Å². The fourth-order valence-corrected chi connectivity index (χ4v) is 1.92. The van der Waals surface area contributed by atoms with Gasteiger partial charge in [0.25, 0.3) is 0 Å². The summed E-state index contributed by atoms with van der Waals surface area (Å²) in [5.74, 6) is 6.56. The molecule has 4 nitrogen and oxygen atoms in total. The van der Waals surface area contributed by atoms with E-state index in [9.17, 15) is 0 Å². The van der Waals surface area contributed by atoms with Crippen molar-refractivity contribution in [3.63, 3.8) is 0 Å². The van der Waals surface area contributed by atoms with Crippen molar-refractivity contribution in [1.82, 2.24) is 15.0 Å². The Morgan fingerprint density at radius 3 is 2.81 bits per heavy atom. The minimum atomic E-state index is 0.288. The molecule has 16 heavy (non-hydrogen) atoms. The molecule has 1 unspecified atom stereocenters. The first-order chi connectivity index (χ1) is 7.76. The van der Waals surface area contributed by atoms with Crippen LogP contribution in [0, 0.1) is 0 Å². The molecule has 0 spiro atoms. The first-order valence-electron chi connectivity index (χ1n) is 5.62. The zero-order valence-electron chi connectivity index (χ0n) is 9.77. The number of hydrogen-bond donors (Lipinski definition) is 2. The number of imidazole rings is 1. The van der Waals surface area contributed by atoms with Crippen molar-refractivity contribution in [2.75, 3.05) is 0 Å². The molecule has 0 saturated heterocycles. The largest absolute Gasteiger partial charge is 0.331 e. The summed E-state index contributed by atoms with van der Waals surface area (Å²) in [7, 11) is 2.05. The van der Waals surface area contributed by atoms with Gasteiger partial charge in [-0.25, -0.2) is 4.98 Å². The highest BCUT2D eigenvalue weighted by atomic mass is 15.2. The van der Waals surface area contributed by atoms with Crippen LogP contribution in [0.5, 0.6) is 0 Å². The fourth-order valence-electron chi connectivity index (χ4n) is 1.92. The number of fused-ring (bicyclic) bond motifs is 1. The Morgan fingerprint density at radius 2 is 2.19 bits per heavy atom. The van der Waals surface area contributed by atoms with Crippen molar-refractivity contribution in [2.24, 2.45) is 12.9 Å². The van der Waals surface area contributed by atoms with Gasteiger partial charge in [0, 0.05) is 19.5 Å². The molecule has 1 aromatic heterocycles. The maximum atomic E-state index is 5.49. The second-order valence-corrected chi connectivity index (χ2v) is 4.05. The summed E-state index contributed by atoms with van der Waals surface area (Å²) < 4.78 is 2.13. The van der Waals surface area contributed by atoms with Crippen molar-refractivity contribution in [3.05, 3.63) is 30.1 Å². The summed E-state index contributed by atoms with van der Waals surface area (Å²) in [6.45, 7) is 2.12. The third-order valence-electron chi connectivity index (χ3n) is 3.04. The van der Waals surface area contributed by atoms with Crippen LogP contribution >= 0.6 is 0 Å². The minimum Gasteiger partial charge on any atom is -0.331 e. The molecular formula is C12H18N4. The zero-order valence-corrected chi connectivity index (χ0v) is 9.77. The predicted molar refractivity (Wildman–Crippen MR) is 65.8 cm³/mol. The van der Waals surface area contributed by atoms with E-state index >= 15 is 0 Å². The van der Waals surface area contributed by atoms with Crippen molar-refractivity contribution < 1.29 is 0 Å². The SMILES string of the molecule is CCC(Cc1nc2ccccc2n1C)NN. The van der Waals surface area contributed by atoms with Crippen LogP contribution in [-0.2, 0) is 13.5 Å². The van der Waals surface area contributed by atoms with Crippen LogP contribution in [0.2, 0.25) is 0 Å². The molecule has 0 aliphatic heterocycles. The summed E-state index contributed by atoms with van der Waals surface area (Å²) in [4.78, 5) is 4.62. The number of hydrogen-bond acceptors (Lipinski definition) is 3. The molecular weight excluding hydrogens is 200 g/mol. The molecule has 2 aromatic rings. The van der Waals surface area contributed by atoms with Crippen LogP contribution < -0.4 is 11.3 Å². The molecule has 1 aromatic carbocycles. The van der Waals surface area contributed by atoms with Gasteiger partial charge in [-0.05, 0) is 18.6 Å². The highest BCUT2D eigenvalue weighted by molar-refractivity contribution is 5.75. The van der Waals surface area contributed by atoms with E-state index < -0.39 is 0 Å². The molecule has 2 rings (SSSR count). The summed E-state index contributed by atoms with van der Waals surface area (Å²) in [5.41, 5.74) is 5.04. The molecule has 3 N–H and O–H groups in total. The maximum absolute atomic E-state index is 5.49. The molecule has 0 bridgehead atoms. The van der Waals surface area contributed by atoms with E-state index in [1.54, 1.807) is 0 Å². The van der Waals surface area contributed by atoms with Crippen molar-refractivity contribution in [1.29, 1.82) is 0 Å². The third-order valence-corrected chi connectivity index (χ3v) is 3.04. The van der Waals surface area contributed by atoms with Gasteiger partial charge in [-0.1, -0.05) is 19.1 Å². The van der Waals surface area contributed by atoms with E-state index in [0.717, 1.165) is 24.2 Å². The lowest BCUT2D eigenvalue weighted by Gasteiger charge is -2.12. The third kappa shape index (κ3) is 1.94. The smallest absolute Gasteiger partial charge is 0.111 e. The van der Waals surface area contributed by atoms with E-state index in [0.29, 0.717) is 0 Å².